The van der Waals surface area contributed by atoms with E-state index >= 15 is 0 Å². The van der Waals surface area contributed by atoms with Gasteiger partial charge in [0.1, 0.15) is 0 Å². The van der Waals surface area contributed by atoms with Gasteiger partial charge in [-0.05, 0) is 0 Å². The van der Waals surface area contributed by atoms with E-state index in [4.69, 9.17) is 0 Å². The summed E-state index contributed by atoms with van der Waals surface area (Å²) in [7, 11) is 0. The van der Waals surface area contributed by atoms with E-state index in [1.54, 1.807) is 0 Å². The van der Waals surface area contributed by atoms with Crippen molar-refractivity contribution in [3.8, 4) is 0 Å². The molecular formula is C26H22Zr. The Bertz CT molecular complexity index is 705. The third kappa shape index (κ3) is 7.73. The van der Waals surface area contributed by atoms with Crippen LogP contribution in [0.25, 0.3) is 0 Å². The van der Waals surface area contributed by atoms with Crippen LogP contribution in [0.3, 0.4) is 0 Å². The molecule has 0 atom stereocenters. The number of benzene rings is 4. The first-order valence-corrected chi connectivity index (χ1v) is 8.80. The molecule has 27 heavy (non-hydrogen) atoms. The zero-order valence-electron chi connectivity index (χ0n) is 15.2. The summed E-state index contributed by atoms with van der Waals surface area (Å²) in [5.41, 5.74) is 4.98. The summed E-state index contributed by atoms with van der Waals surface area (Å²) in [6, 6.07) is 41.4. The molecule has 0 aliphatic rings. The quantitative estimate of drug-likeness (QED) is 0.324. The van der Waals surface area contributed by atoms with E-state index in [-0.39, 0.29) is 26.2 Å². The molecule has 0 heterocycles. The number of rotatable bonds is 4. The molecule has 0 N–H and O–H groups in total. The average molecular weight is 426 g/mol. The van der Waals surface area contributed by atoms with Gasteiger partial charge in [0, 0.05) is 0 Å². The standard InChI is InChI=1S/2C13H11.Zr/c2*1-3-7-12(8-4-1)11-13-9-5-2-6-10-13;/h2*1-11H;/q2*-1;+2. The minimum absolute atomic E-state index is 0. The van der Waals surface area contributed by atoms with Crippen LogP contribution in [0.2, 0.25) is 0 Å². The molecule has 0 aromatic heterocycles. The van der Waals surface area contributed by atoms with Crippen molar-refractivity contribution in [2.24, 2.45) is 0 Å². The Morgan fingerprint density at radius 2 is 0.481 bits per heavy atom. The van der Waals surface area contributed by atoms with E-state index in [0.717, 1.165) is 0 Å². The van der Waals surface area contributed by atoms with Gasteiger partial charge < -0.3 is 0 Å². The number of hydrogen-bond donors (Lipinski definition) is 0. The second-order valence-electron chi connectivity index (χ2n) is 5.93. The monoisotopic (exact) mass is 424 g/mol. The van der Waals surface area contributed by atoms with E-state index in [2.05, 4.69) is 110 Å². The molecular weight excluding hydrogens is 404 g/mol. The maximum Gasteiger partial charge on any atom is 2.00 e. The predicted molar refractivity (Wildman–Crippen MR) is 111 cm³/mol. The van der Waals surface area contributed by atoms with Crippen LogP contribution >= 0.6 is 0 Å². The van der Waals surface area contributed by atoms with Crippen LogP contribution in [-0.4, -0.2) is 0 Å². The molecule has 0 aliphatic carbocycles. The fourth-order valence-electron chi connectivity index (χ4n) is 2.58. The van der Waals surface area contributed by atoms with Crippen molar-refractivity contribution in [1.82, 2.24) is 0 Å². The van der Waals surface area contributed by atoms with Gasteiger partial charge in [-0.15, -0.1) is 83.6 Å². The molecule has 4 aromatic rings. The largest absolute Gasteiger partial charge is 2.00 e. The van der Waals surface area contributed by atoms with Gasteiger partial charge in [-0.3, -0.25) is 0 Å². The van der Waals surface area contributed by atoms with Gasteiger partial charge in [0.25, 0.3) is 0 Å². The molecule has 0 aliphatic heterocycles. The van der Waals surface area contributed by atoms with E-state index in [0.29, 0.717) is 0 Å². The fourth-order valence-corrected chi connectivity index (χ4v) is 2.58. The van der Waals surface area contributed by atoms with Crippen LogP contribution in [0.5, 0.6) is 0 Å². The summed E-state index contributed by atoms with van der Waals surface area (Å²) >= 11 is 0. The molecule has 130 valence electrons. The second-order valence-corrected chi connectivity index (χ2v) is 5.93. The van der Waals surface area contributed by atoms with E-state index in [9.17, 15) is 0 Å². The summed E-state index contributed by atoms with van der Waals surface area (Å²) in [4.78, 5) is 0. The maximum atomic E-state index is 2.17. The van der Waals surface area contributed by atoms with Crippen molar-refractivity contribution in [2.45, 2.75) is 0 Å². The molecule has 0 saturated carbocycles. The van der Waals surface area contributed by atoms with Gasteiger partial charge in [0.15, 0.2) is 0 Å². The van der Waals surface area contributed by atoms with Crippen LogP contribution in [-0.2, 0) is 26.2 Å². The van der Waals surface area contributed by atoms with E-state index in [1.165, 1.54) is 22.3 Å². The third-order valence-corrected chi connectivity index (χ3v) is 3.86. The maximum absolute atomic E-state index is 2.17. The Balaban J connectivity index is 0.000000187. The van der Waals surface area contributed by atoms with Crippen molar-refractivity contribution in [3.63, 3.8) is 0 Å². The van der Waals surface area contributed by atoms with Gasteiger partial charge in [-0.2, -0.15) is 0 Å². The van der Waals surface area contributed by atoms with Crippen LogP contribution in [0, 0.1) is 12.8 Å². The first kappa shape index (κ1) is 20.8. The SMILES string of the molecule is [Zr+2].c1ccc([CH-]c2ccccc2)cc1.c1ccc([CH-]c2ccccc2)cc1. The fraction of sp³-hybridized carbons (Fsp3) is 0. The second kappa shape index (κ2) is 12.0. The predicted octanol–water partition coefficient (Wildman–Crippen LogP) is 6.57. The van der Waals surface area contributed by atoms with Crippen LogP contribution in [0.15, 0.2) is 121 Å². The third-order valence-electron chi connectivity index (χ3n) is 3.86. The summed E-state index contributed by atoms with van der Waals surface area (Å²) in [5.74, 6) is 0. The first-order valence-electron chi connectivity index (χ1n) is 8.80. The minimum atomic E-state index is 0. The normalized spacial score (nSPS) is 9.19. The number of hydrogen-bond acceptors (Lipinski definition) is 0. The minimum Gasteiger partial charge on any atom is -0.126 e. The molecule has 0 radical (unpaired) electrons. The Hall–Kier alpha value is -2.50. The van der Waals surface area contributed by atoms with Gasteiger partial charge >= 0.3 is 26.2 Å². The van der Waals surface area contributed by atoms with Crippen molar-refractivity contribution in [2.75, 3.05) is 0 Å². The molecule has 0 saturated heterocycles. The van der Waals surface area contributed by atoms with Crippen LogP contribution in [0.4, 0.5) is 0 Å². The van der Waals surface area contributed by atoms with E-state index < -0.39 is 0 Å². The van der Waals surface area contributed by atoms with Crippen LogP contribution in [0.1, 0.15) is 22.3 Å². The van der Waals surface area contributed by atoms with Gasteiger partial charge in [0.2, 0.25) is 0 Å². The Morgan fingerprint density at radius 1 is 0.296 bits per heavy atom. The smallest absolute Gasteiger partial charge is 0.126 e. The molecule has 0 amide bonds. The zero-order valence-corrected chi connectivity index (χ0v) is 17.7. The molecule has 0 fully saturated rings. The molecule has 0 bridgehead atoms. The van der Waals surface area contributed by atoms with Gasteiger partial charge in [0.05, 0.1) is 0 Å². The summed E-state index contributed by atoms with van der Waals surface area (Å²) in [6.45, 7) is 0. The first-order chi connectivity index (χ1) is 12.9. The van der Waals surface area contributed by atoms with Gasteiger partial charge in [-0.1, -0.05) is 72.8 Å². The molecule has 0 spiro atoms. The molecule has 0 nitrogen and oxygen atoms in total. The molecule has 1 heteroatoms. The summed E-state index contributed by atoms with van der Waals surface area (Å²) in [5, 5.41) is 0. The van der Waals surface area contributed by atoms with Crippen molar-refractivity contribution < 1.29 is 26.2 Å². The van der Waals surface area contributed by atoms with Gasteiger partial charge in [-0.25, -0.2) is 0 Å². The summed E-state index contributed by atoms with van der Waals surface area (Å²) < 4.78 is 0. The molecule has 4 rings (SSSR count). The van der Waals surface area contributed by atoms with Crippen molar-refractivity contribution in [1.29, 1.82) is 0 Å². The molecule has 4 aromatic carbocycles. The van der Waals surface area contributed by atoms with Crippen molar-refractivity contribution in [3.05, 3.63) is 156 Å². The Labute approximate surface area is 182 Å². The zero-order chi connectivity index (χ0) is 17.9. The average Bonchev–Trinajstić information content (AvgIpc) is 2.72. The van der Waals surface area contributed by atoms with E-state index in [1.807, 2.05) is 24.3 Å². The topological polar surface area (TPSA) is 0 Å². The summed E-state index contributed by atoms with van der Waals surface area (Å²) in [6.07, 6.45) is 4.33. The van der Waals surface area contributed by atoms with Crippen LogP contribution < -0.4 is 0 Å². The molecule has 0 unspecified atom stereocenters. The Morgan fingerprint density at radius 3 is 0.667 bits per heavy atom. The Kier molecular flexibility index (Phi) is 9.24. The van der Waals surface area contributed by atoms with Crippen molar-refractivity contribution >= 4 is 0 Å².